The van der Waals surface area contributed by atoms with Gasteiger partial charge in [-0.1, -0.05) is 12.1 Å². The zero-order valence-corrected chi connectivity index (χ0v) is 11.3. The molecule has 7 heteroatoms. The number of carbonyl (C=O) groups is 1. The Morgan fingerprint density at radius 1 is 1.38 bits per heavy atom. The van der Waals surface area contributed by atoms with E-state index in [9.17, 15) is 14.9 Å². The Bertz CT molecular complexity index is 673. The lowest BCUT2D eigenvalue weighted by Crippen LogP contribution is -2.19. The van der Waals surface area contributed by atoms with E-state index in [0.717, 1.165) is 5.56 Å². The van der Waals surface area contributed by atoms with Gasteiger partial charge in [0.15, 0.2) is 0 Å². The highest BCUT2D eigenvalue weighted by molar-refractivity contribution is 5.95. The lowest BCUT2D eigenvalue weighted by molar-refractivity contribution is -0.384. The van der Waals surface area contributed by atoms with Crippen molar-refractivity contribution in [1.82, 2.24) is 4.98 Å². The summed E-state index contributed by atoms with van der Waals surface area (Å²) < 4.78 is 0. The van der Waals surface area contributed by atoms with Crippen LogP contribution in [0.15, 0.2) is 42.7 Å². The molecule has 0 radical (unpaired) electrons. The molecule has 1 aromatic heterocycles. The number of carboxylic acid groups (broad SMARTS) is 1. The molecular formula is C14H13N3O4. The number of nitro groups is 1. The van der Waals surface area contributed by atoms with Crippen molar-refractivity contribution in [3.05, 3.63) is 64.0 Å². The predicted octanol–water partition coefficient (Wildman–Crippen LogP) is 2.32. The van der Waals surface area contributed by atoms with Crippen LogP contribution in [0.4, 0.5) is 11.4 Å². The van der Waals surface area contributed by atoms with E-state index in [1.807, 2.05) is 6.07 Å². The summed E-state index contributed by atoms with van der Waals surface area (Å²) in [6, 6.07) is 7.86. The van der Waals surface area contributed by atoms with Crippen molar-refractivity contribution in [3.63, 3.8) is 0 Å². The van der Waals surface area contributed by atoms with E-state index in [2.05, 4.69) is 4.98 Å². The molecule has 21 heavy (non-hydrogen) atoms. The van der Waals surface area contributed by atoms with E-state index in [1.165, 1.54) is 18.2 Å². The predicted molar refractivity (Wildman–Crippen MR) is 76.4 cm³/mol. The first-order chi connectivity index (χ1) is 10.0. The number of pyridine rings is 1. The SMILES string of the molecule is CN(Cc1cccnc1)c1cccc(C(=O)O)c1[N+](=O)[O-]. The number of anilines is 1. The minimum Gasteiger partial charge on any atom is -0.477 e. The molecule has 0 spiro atoms. The first-order valence-corrected chi connectivity index (χ1v) is 6.11. The highest BCUT2D eigenvalue weighted by atomic mass is 16.6. The monoisotopic (exact) mass is 287 g/mol. The molecule has 2 rings (SSSR count). The number of carboxylic acids is 1. The zero-order chi connectivity index (χ0) is 15.4. The maximum Gasteiger partial charge on any atom is 0.342 e. The second kappa shape index (κ2) is 6.00. The van der Waals surface area contributed by atoms with Gasteiger partial charge in [-0.2, -0.15) is 0 Å². The number of aromatic nitrogens is 1. The summed E-state index contributed by atoms with van der Waals surface area (Å²) in [5, 5.41) is 20.3. The fraction of sp³-hybridized carbons (Fsp3) is 0.143. The Labute approximate surface area is 120 Å². The molecule has 0 atom stereocenters. The Morgan fingerprint density at radius 3 is 2.71 bits per heavy atom. The Hall–Kier alpha value is -2.96. The molecular weight excluding hydrogens is 274 g/mol. The van der Waals surface area contributed by atoms with Gasteiger partial charge >= 0.3 is 11.7 Å². The summed E-state index contributed by atoms with van der Waals surface area (Å²) in [5.74, 6) is -1.32. The van der Waals surface area contributed by atoms with Crippen LogP contribution in [0.3, 0.4) is 0 Å². The van der Waals surface area contributed by atoms with Crippen LogP contribution in [-0.4, -0.2) is 28.0 Å². The number of rotatable bonds is 5. The van der Waals surface area contributed by atoms with Crippen molar-refractivity contribution < 1.29 is 14.8 Å². The highest BCUT2D eigenvalue weighted by Gasteiger charge is 2.26. The van der Waals surface area contributed by atoms with E-state index in [0.29, 0.717) is 6.54 Å². The van der Waals surface area contributed by atoms with Crippen LogP contribution < -0.4 is 4.90 Å². The third-order valence-corrected chi connectivity index (χ3v) is 2.98. The van der Waals surface area contributed by atoms with Gasteiger partial charge in [-0.15, -0.1) is 0 Å². The van der Waals surface area contributed by atoms with Crippen LogP contribution in [0, 0.1) is 10.1 Å². The lowest BCUT2D eigenvalue weighted by atomic mass is 10.1. The van der Waals surface area contributed by atoms with Gasteiger partial charge in [-0.3, -0.25) is 15.1 Å². The Morgan fingerprint density at radius 2 is 2.14 bits per heavy atom. The minimum atomic E-state index is -1.32. The normalized spacial score (nSPS) is 10.1. The number of hydrogen-bond acceptors (Lipinski definition) is 5. The quantitative estimate of drug-likeness (QED) is 0.669. The summed E-state index contributed by atoms with van der Waals surface area (Å²) in [6.07, 6.45) is 3.29. The molecule has 108 valence electrons. The zero-order valence-electron chi connectivity index (χ0n) is 11.3. The molecule has 1 N–H and O–H groups in total. The Balaban J connectivity index is 2.41. The summed E-state index contributed by atoms with van der Waals surface area (Å²) >= 11 is 0. The van der Waals surface area contributed by atoms with Crippen molar-refractivity contribution >= 4 is 17.3 Å². The molecule has 2 aromatic rings. The van der Waals surface area contributed by atoms with Crippen LogP contribution >= 0.6 is 0 Å². The largest absolute Gasteiger partial charge is 0.477 e. The topological polar surface area (TPSA) is 96.6 Å². The molecule has 0 aliphatic carbocycles. The molecule has 0 saturated carbocycles. The van der Waals surface area contributed by atoms with Crippen LogP contribution in [0.1, 0.15) is 15.9 Å². The van der Waals surface area contributed by atoms with Crippen molar-refractivity contribution in [1.29, 1.82) is 0 Å². The fourth-order valence-electron chi connectivity index (χ4n) is 2.05. The first-order valence-electron chi connectivity index (χ1n) is 6.11. The molecule has 0 bridgehead atoms. The van der Waals surface area contributed by atoms with Crippen LogP contribution in [0.25, 0.3) is 0 Å². The smallest absolute Gasteiger partial charge is 0.342 e. The number of benzene rings is 1. The number of aromatic carboxylic acids is 1. The standard InChI is InChI=1S/C14H13N3O4/c1-16(9-10-4-3-7-15-8-10)12-6-2-5-11(14(18)19)13(12)17(20)21/h2-8H,9H2,1H3,(H,18,19). The van der Waals surface area contributed by atoms with Gasteiger partial charge in [0.25, 0.3) is 0 Å². The molecule has 7 nitrogen and oxygen atoms in total. The van der Waals surface area contributed by atoms with E-state index in [4.69, 9.17) is 5.11 Å². The van der Waals surface area contributed by atoms with E-state index in [1.54, 1.807) is 30.4 Å². The van der Waals surface area contributed by atoms with Gasteiger partial charge in [0.1, 0.15) is 11.3 Å². The number of para-hydroxylation sites is 1. The second-order valence-electron chi connectivity index (χ2n) is 4.45. The van der Waals surface area contributed by atoms with E-state index >= 15 is 0 Å². The maximum absolute atomic E-state index is 11.2. The van der Waals surface area contributed by atoms with E-state index in [-0.39, 0.29) is 11.3 Å². The Kier molecular flexibility index (Phi) is 4.13. The third-order valence-electron chi connectivity index (χ3n) is 2.98. The average Bonchev–Trinajstić information content (AvgIpc) is 2.47. The van der Waals surface area contributed by atoms with E-state index < -0.39 is 16.6 Å². The molecule has 0 fully saturated rings. The summed E-state index contributed by atoms with van der Waals surface area (Å²) in [7, 11) is 1.67. The molecule has 1 heterocycles. The third kappa shape index (κ3) is 3.14. The van der Waals surface area contributed by atoms with Gasteiger partial charge in [0, 0.05) is 26.0 Å². The summed E-state index contributed by atoms with van der Waals surface area (Å²) in [6.45, 7) is 0.387. The molecule has 0 saturated heterocycles. The summed E-state index contributed by atoms with van der Waals surface area (Å²) in [5.41, 5.74) is 0.394. The maximum atomic E-state index is 11.2. The second-order valence-corrected chi connectivity index (χ2v) is 4.45. The minimum absolute atomic E-state index is 0.253. The van der Waals surface area contributed by atoms with Crippen molar-refractivity contribution in [2.24, 2.45) is 0 Å². The van der Waals surface area contributed by atoms with Gasteiger partial charge in [0.2, 0.25) is 0 Å². The molecule has 0 aliphatic rings. The van der Waals surface area contributed by atoms with Gasteiger partial charge in [-0.05, 0) is 23.8 Å². The molecule has 0 unspecified atom stereocenters. The number of nitro benzene ring substituents is 1. The number of nitrogens with zero attached hydrogens (tertiary/aromatic N) is 3. The average molecular weight is 287 g/mol. The molecule has 0 aliphatic heterocycles. The first kappa shape index (κ1) is 14.4. The highest BCUT2D eigenvalue weighted by Crippen LogP contribution is 2.31. The summed E-state index contributed by atoms with van der Waals surface area (Å²) in [4.78, 5) is 27.3. The van der Waals surface area contributed by atoms with Crippen LogP contribution in [0.2, 0.25) is 0 Å². The van der Waals surface area contributed by atoms with Gasteiger partial charge in [-0.25, -0.2) is 4.79 Å². The van der Waals surface area contributed by atoms with Crippen molar-refractivity contribution in [2.75, 3.05) is 11.9 Å². The lowest BCUT2D eigenvalue weighted by Gasteiger charge is -2.19. The van der Waals surface area contributed by atoms with Crippen LogP contribution in [-0.2, 0) is 6.54 Å². The van der Waals surface area contributed by atoms with Gasteiger partial charge in [0.05, 0.1) is 4.92 Å². The number of hydrogen-bond donors (Lipinski definition) is 1. The van der Waals surface area contributed by atoms with Crippen molar-refractivity contribution in [3.8, 4) is 0 Å². The molecule has 0 amide bonds. The van der Waals surface area contributed by atoms with Gasteiger partial charge < -0.3 is 10.0 Å². The van der Waals surface area contributed by atoms with Crippen LogP contribution in [0.5, 0.6) is 0 Å². The molecule has 1 aromatic carbocycles. The fourth-order valence-corrected chi connectivity index (χ4v) is 2.05. The van der Waals surface area contributed by atoms with Crippen molar-refractivity contribution in [2.45, 2.75) is 6.54 Å².